The Balaban J connectivity index is 0.000000396. The highest BCUT2D eigenvalue weighted by molar-refractivity contribution is 7.09. The number of hydrogen-bond acceptors (Lipinski definition) is 6. The highest BCUT2D eigenvalue weighted by Gasteiger charge is 2.38. The van der Waals surface area contributed by atoms with Crippen LogP contribution in [0.2, 0.25) is 0 Å². The highest BCUT2D eigenvalue weighted by Crippen LogP contribution is 2.18. The molecule has 0 fully saturated rings. The second-order valence-electron chi connectivity index (χ2n) is 5.73. The van der Waals surface area contributed by atoms with E-state index in [0.717, 1.165) is 21.8 Å². The number of rotatable bonds is 3. The molecular formula is C20H16F3N3O3S. The summed E-state index contributed by atoms with van der Waals surface area (Å²) in [5.74, 6) is 3.24. The summed E-state index contributed by atoms with van der Waals surface area (Å²) >= 11 is 1.58. The maximum Gasteiger partial charge on any atom is 0.490 e. The number of aromatic nitrogens is 3. The second kappa shape index (κ2) is 10.4. The zero-order chi connectivity index (χ0) is 22.1. The van der Waals surface area contributed by atoms with Crippen molar-refractivity contribution in [1.29, 1.82) is 0 Å². The van der Waals surface area contributed by atoms with Gasteiger partial charge in [0.25, 0.3) is 0 Å². The molecule has 10 heteroatoms. The van der Waals surface area contributed by atoms with Gasteiger partial charge in [-0.2, -0.15) is 13.2 Å². The van der Waals surface area contributed by atoms with Crippen molar-refractivity contribution in [3.8, 4) is 17.9 Å². The molecule has 0 bridgehead atoms. The number of nitrogens with zero attached hydrogens (tertiary/aromatic N) is 3. The fraction of sp³-hybridized carbons (Fsp3) is 0.200. The molecule has 0 aliphatic carbocycles. The lowest BCUT2D eigenvalue weighted by molar-refractivity contribution is -0.192. The van der Waals surface area contributed by atoms with E-state index in [9.17, 15) is 13.2 Å². The quantitative estimate of drug-likeness (QED) is 0.614. The van der Waals surface area contributed by atoms with Crippen LogP contribution in [-0.4, -0.2) is 32.2 Å². The number of ether oxygens (including phenoxy) is 1. The minimum atomic E-state index is -5.08. The van der Waals surface area contributed by atoms with Gasteiger partial charge >= 0.3 is 18.2 Å². The maximum atomic E-state index is 10.6. The van der Waals surface area contributed by atoms with Crippen molar-refractivity contribution >= 4 is 17.3 Å². The Labute approximate surface area is 174 Å². The zero-order valence-electron chi connectivity index (χ0n) is 15.8. The number of thiazole rings is 1. The lowest BCUT2D eigenvalue weighted by atomic mass is 10.1. The minimum Gasteiger partial charge on any atom is -0.475 e. The first-order chi connectivity index (χ1) is 14.1. The molecule has 3 rings (SSSR count). The summed E-state index contributed by atoms with van der Waals surface area (Å²) in [7, 11) is 0. The molecule has 2 aromatic heterocycles. The first kappa shape index (κ1) is 22.8. The summed E-state index contributed by atoms with van der Waals surface area (Å²) in [6.45, 7) is 3.93. The Hall–Kier alpha value is -3.45. The molecule has 30 heavy (non-hydrogen) atoms. The van der Waals surface area contributed by atoms with Crippen molar-refractivity contribution in [2.75, 3.05) is 0 Å². The van der Waals surface area contributed by atoms with Crippen molar-refractivity contribution in [2.24, 2.45) is 0 Å². The molecule has 0 radical (unpaired) electrons. The monoisotopic (exact) mass is 435 g/mol. The van der Waals surface area contributed by atoms with E-state index in [1.54, 1.807) is 23.7 Å². The van der Waals surface area contributed by atoms with Crippen LogP contribution in [0.25, 0.3) is 0 Å². The van der Waals surface area contributed by atoms with Gasteiger partial charge in [-0.1, -0.05) is 36.3 Å². The van der Waals surface area contributed by atoms with Crippen LogP contribution >= 0.6 is 11.3 Å². The summed E-state index contributed by atoms with van der Waals surface area (Å²) in [4.78, 5) is 21.6. The summed E-state index contributed by atoms with van der Waals surface area (Å²) < 4.78 is 37.5. The molecule has 0 saturated heterocycles. The standard InChI is InChI=1S/C18H15N3OS.C2HF3O2/c1-13(16-6-4-3-5-7-16)22-18-19-10-15(11-20-18)8-9-17-12-23-14(2)21-17;3-2(4,5)1(6)7/h3-7,10-13H,1-2H3;(H,6,7)/t13-;/m0./s1. The van der Waals surface area contributed by atoms with Crippen LogP contribution in [0.1, 0.15) is 34.9 Å². The Morgan fingerprint density at radius 3 is 2.27 bits per heavy atom. The topological polar surface area (TPSA) is 85.2 Å². The number of carboxylic acids is 1. The van der Waals surface area contributed by atoms with E-state index >= 15 is 0 Å². The Morgan fingerprint density at radius 2 is 1.77 bits per heavy atom. The number of alkyl halides is 3. The SMILES string of the molecule is Cc1nc(C#Cc2cnc(O[C@@H](C)c3ccccc3)nc2)cs1.O=C(O)C(F)(F)F. The van der Waals surface area contributed by atoms with Gasteiger partial charge in [0.05, 0.1) is 10.6 Å². The van der Waals surface area contributed by atoms with E-state index in [4.69, 9.17) is 14.6 Å². The van der Waals surface area contributed by atoms with Crippen molar-refractivity contribution < 1.29 is 27.8 Å². The summed E-state index contributed by atoms with van der Waals surface area (Å²) in [6.07, 6.45) is -1.87. The molecule has 1 aromatic carbocycles. The molecule has 3 aromatic rings. The van der Waals surface area contributed by atoms with Crippen molar-refractivity contribution in [3.63, 3.8) is 0 Å². The predicted octanol–water partition coefficient (Wildman–Crippen LogP) is 4.41. The lowest BCUT2D eigenvalue weighted by Gasteiger charge is -2.12. The molecule has 0 unspecified atom stereocenters. The maximum absolute atomic E-state index is 10.6. The fourth-order valence-electron chi connectivity index (χ4n) is 1.95. The number of carboxylic acid groups (broad SMARTS) is 1. The second-order valence-corrected chi connectivity index (χ2v) is 6.79. The molecule has 156 valence electrons. The third-order valence-corrected chi connectivity index (χ3v) is 4.15. The van der Waals surface area contributed by atoms with E-state index in [1.807, 2.05) is 49.6 Å². The third-order valence-electron chi connectivity index (χ3n) is 3.38. The average molecular weight is 435 g/mol. The smallest absolute Gasteiger partial charge is 0.475 e. The van der Waals surface area contributed by atoms with Gasteiger partial charge in [0.15, 0.2) is 0 Å². The minimum absolute atomic E-state index is 0.105. The summed E-state index contributed by atoms with van der Waals surface area (Å²) in [5, 5.41) is 10.1. The number of aryl methyl sites for hydroxylation is 1. The van der Waals surface area contributed by atoms with Gasteiger partial charge in [0.1, 0.15) is 11.8 Å². The number of aliphatic carboxylic acids is 1. The fourth-order valence-corrected chi connectivity index (χ4v) is 2.49. The van der Waals surface area contributed by atoms with Crippen LogP contribution in [0.5, 0.6) is 6.01 Å². The van der Waals surface area contributed by atoms with Gasteiger partial charge in [-0.05, 0) is 25.3 Å². The van der Waals surface area contributed by atoms with Crippen LogP contribution in [0.15, 0.2) is 48.1 Å². The Bertz CT molecular complexity index is 1030. The van der Waals surface area contributed by atoms with Crippen LogP contribution in [0.4, 0.5) is 13.2 Å². The van der Waals surface area contributed by atoms with Gasteiger partial charge < -0.3 is 9.84 Å². The van der Waals surface area contributed by atoms with E-state index in [0.29, 0.717) is 6.01 Å². The largest absolute Gasteiger partial charge is 0.490 e. The lowest BCUT2D eigenvalue weighted by Crippen LogP contribution is -2.21. The van der Waals surface area contributed by atoms with Gasteiger partial charge in [0, 0.05) is 17.8 Å². The summed E-state index contributed by atoms with van der Waals surface area (Å²) in [6, 6.07) is 10.3. The van der Waals surface area contributed by atoms with E-state index < -0.39 is 12.1 Å². The van der Waals surface area contributed by atoms with Gasteiger partial charge in [0.2, 0.25) is 0 Å². The van der Waals surface area contributed by atoms with Crippen molar-refractivity contribution in [1.82, 2.24) is 15.0 Å². The van der Waals surface area contributed by atoms with Crippen LogP contribution in [-0.2, 0) is 4.79 Å². The highest BCUT2D eigenvalue weighted by atomic mass is 32.1. The molecule has 0 aliphatic rings. The predicted molar refractivity (Wildman–Crippen MR) is 104 cm³/mol. The van der Waals surface area contributed by atoms with Crippen LogP contribution in [0, 0.1) is 18.8 Å². The number of hydrogen-bond donors (Lipinski definition) is 1. The number of benzene rings is 1. The van der Waals surface area contributed by atoms with Crippen LogP contribution < -0.4 is 4.74 Å². The molecule has 1 N–H and O–H groups in total. The zero-order valence-corrected chi connectivity index (χ0v) is 16.7. The Morgan fingerprint density at radius 1 is 1.17 bits per heavy atom. The molecule has 0 aliphatic heterocycles. The van der Waals surface area contributed by atoms with Crippen LogP contribution in [0.3, 0.4) is 0 Å². The molecule has 6 nitrogen and oxygen atoms in total. The van der Waals surface area contributed by atoms with Crippen molar-refractivity contribution in [2.45, 2.75) is 26.1 Å². The molecule has 0 amide bonds. The first-order valence-corrected chi connectivity index (χ1v) is 9.31. The number of halogens is 3. The summed E-state index contributed by atoms with van der Waals surface area (Å²) in [5.41, 5.74) is 2.58. The molecule has 1 atom stereocenters. The van der Waals surface area contributed by atoms with E-state index in [-0.39, 0.29) is 6.10 Å². The van der Waals surface area contributed by atoms with E-state index in [2.05, 4.69) is 26.8 Å². The van der Waals surface area contributed by atoms with Gasteiger partial charge in [-0.25, -0.2) is 19.7 Å². The first-order valence-electron chi connectivity index (χ1n) is 8.43. The normalized spacial score (nSPS) is 11.4. The third kappa shape index (κ3) is 7.52. The van der Waals surface area contributed by atoms with E-state index in [1.165, 1.54) is 0 Å². The average Bonchev–Trinajstić information content (AvgIpc) is 3.13. The molecular weight excluding hydrogens is 419 g/mol. The van der Waals surface area contributed by atoms with Gasteiger partial charge in [-0.15, -0.1) is 11.3 Å². The molecule has 0 spiro atoms. The van der Waals surface area contributed by atoms with Crippen molar-refractivity contribution in [3.05, 3.63) is 69.9 Å². The number of carbonyl (C=O) groups is 1. The van der Waals surface area contributed by atoms with Gasteiger partial charge in [-0.3, -0.25) is 0 Å². The molecule has 0 saturated carbocycles. The molecule has 2 heterocycles. The Kier molecular flexibility index (Phi) is 7.89.